The van der Waals surface area contributed by atoms with Crippen molar-refractivity contribution in [3.05, 3.63) is 49.9 Å². The summed E-state index contributed by atoms with van der Waals surface area (Å²) in [7, 11) is 0. The fraction of sp³-hybridized carbons (Fsp3) is 0. The van der Waals surface area contributed by atoms with E-state index in [1.807, 2.05) is 0 Å². The normalized spacial score (nSPS) is 10.6. The van der Waals surface area contributed by atoms with Crippen molar-refractivity contribution in [2.75, 3.05) is 0 Å². The van der Waals surface area contributed by atoms with Gasteiger partial charge in [-0.05, 0) is 23.8 Å². The number of aromatic nitrogens is 1. The molecule has 0 radical (unpaired) electrons. The van der Waals surface area contributed by atoms with E-state index < -0.39 is 5.82 Å². The third-order valence-corrected chi connectivity index (χ3v) is 3.68. The van der Waals surface area contributed by atoms with Crippen LogP contribution in [0.5, 0.6) is 0 Å². The summed E-state index contributed by atoms with van der Waals surface area (Å²) in [6.07, 6.45) is 1.58. The monoisotopic (exact) mass is 307 g/mol. The molecule has 0 bridgehead atoms. The third-order valence-electron chi connectivity index (χ3n) is 2.18. The standard InChI is InChI=1S/C11H5Cl3FNS/c12-7-1-5(2-8(13)10(7)14)6-3-9(15)11(17)16-4-6/h1-4H,(H,16,17). The van der Waals surface area contributed by atoms with Crippen molar-refractivity contribution in [1.29, 1.82) is 0 Å². The van der Waals surface area contributed by atoms with Crippen molar-refractivity contribution in [3.63, 3.8) is 0 Å². The first kappa shape index (κ1) is 12.8. The Balaban J connectivity index is 2.61. The van der Waals surface area contributed by atoms with Gasteiger partial charge >= 0.3 is 0 Å². The zero-order chi connectivity index (χ0) is 12.6. The van der Waals surface area contributed by atoms with Gasteiger partial charge in [-0.25, -0.2) is 4.39 Å². The Morgan fingerprint density at radius 2 is 1.59 bits per heavy atom. The van der Waals surface area contributed by atoms with Crippen LogP contribution in [0.1, 0.15) is 0 Å². The molecule has 1 aromatic carbocycles. The minimum Gasteiger partial charge on any atom is -0.350 e. The van der Waals surface area contributed by atoms with Crippen molar-refractivity contribution in [2.24, 2.45) is 0 Å². The number of hydrogen-bond acceptors (Lipinski definition) is 1. The lowest BCUT2D eigenvalue weighted by molar-refractivity contribution is 0.617. The van der Waals surface area contributed by atoms with Gasteiger partial charge in [0.25, 0.3) is 0 Å². The summed E-state index contributed by atoms with van der Waals surface area (Å²) in [4.78, 5) is 2.64. The summed E-state index contributed by atoms with van der Waals surface area (Å²) < 4.78 is 13.4. The van der Waals surface area contributed by atoms with Crippen LogP contribution in [0.25, 0.3) is 11.1 Å². The number of halogens is 4. The first-order valence-corrected chi connectivity index (χ1v) is 6.06. The van der Waals surface area contributed by atoms with Crippen molar-refractivity contribution in [2.45, 2.75) is 0 Å². The van der Waals surface area contributed by atoms with Crippen molar-refractivity contribution < 1.29 is 4.39 Å². The largest absolute Gasteiger partial charge is 0.350 e. The lowest BCUT2D eigenvalue weighted by Gasteiger charge is -2.05. The molecule has 88 valence electrons. The number of pyridine rings is 1. The fourth-order valence-electron chi connectivity index (χ4n) is 1.34. The molecule has 1 nitrogen and oxygen atoms in total. The predicted molar refractivity (Wildman–Crippen MR) is 72.1 cm³/mol. The van der Waals surface area contributed by atoms with Crippen LogP contribution in [0.4, 0.5) is 4.39 Å². The number of aromatic amines is 1. The van der Waals surface area contributed by atoms with Crippen LogP contribution >= 0.6 is 47.0 Å². The first-order chi connectivity index (χ1) is 7.99. The summed E-state index contributed by atoms with van der Waals surface area (Å²) in [5.41, 5.74) is 1.26. The van der Waals surface area contributed by atoms with Crippen LogP contribution in [0.15, 0.2) is 24.4 Å². The summed E-state index contributed by atoms with van der Waals surface area (Å²) in [5.74, 6) is -0.500. The second-order valence-electron chi connectivity index (χ2n) is 3.32. The molecule has 1 heterocycles. The van der Waals surface area contributed by atoms with Gasteiger partial charge in [0.05, 0.1) is 15.1 Å². The molecule has 0 amide bonds. The maximum atomic E-state index is 13.3. The maximum absolute atomic E-state index is 13.3. The maximum Gasteiger partial charge on any atom is 0.158 e. The summed E-state index contributed by atoms with van der Waals surface area (Å²) in [6, 6.07) is 4.54. The van der Waals surface area contributed by atoms with Crippen molar-refractivity contribution in [1.82, 2.24) is 4.98 Å². The Kier molecular flexibility index (Phi) is 3.73. The number of nitrogens with one attached hydrogen (secondary N) is 1. The predicted octanol–water partition coefficient (Wildman–Crippen LogP) is 5.51. The first-order valence-electron chi connectivity index (χ1n) is 4.52. The van der Waals surface area contributed by atoms with Crippen molar-refractivity contribution in [3.8, 4) is 11.1 Å². The number of rotatable bonds is 1. The quantitative estimate of drug-likeness (QED) is 0.542. The Morgan fingerprint density at radius 3 is 2.12 bits per heavy atom. The summed E-state index contributed by atoms with van der Waals surface area (Å²) in [6.45, 7) is 0. The molecule has 0 fully saturated rings. The molecule has 0 atom stereocenters. The van der Waals surface area contributed by atoms with E-state index >= 15 is 0 Å². The van der Waals surface area contributed by atoms with Gasteiger partial charge in [-0.2, -0.15) is 0 Å². The molecular weight excluding hydrogens is 304 g/mol. The highest BCUT2D eigenvalue weighted by Gasteiger charge is 2.08. The second kappa shape index (κ2) is 4.94. The van der Waals surface area contributed by atoms with E-state index in [9.17, 15) is 4.39 Å². The van der Waals surface area contributed by atoms with Crippen LogP contribution in [0, 0.1) is 10.5 Å². The van der Waals surface area contributed by atoms with E-state index in [1.165, 1.54) is 6.07 Å². The van der Waals surface area contributed by atoms with E-state index in [-0.39, 0.29) is 9.66 Å². The highest BCUT2D eigenvalue weighted by atomic mass is 35.5. The zero-order valence-corrected chi connectivity index (χ0v) is 11.3. The summed E-state index contributed by atoms with van der Waals surface area (Å²) >= 11 is 22.4. The average Bonchev–Trinajstić information content (AvgIpc) is 2.29. The van der Waals surface area contributed by atoms with E-state index in [4.69, 9.17) is 47.0 Å². The summed E-state index contributed by atoms with van der Waals surface area (Å²) in [5, 5.41) is 0.912. The average molecular weight is 309 g/mol. The Bertz CT molecular complexity index is 616. The molecule has 1 aromatic heterocycles. The van der Waals surface area contributed by atoms with Crippen LogP contribution < -0.4 is 0 Å². The van der Waals surface area contributed by atoms with E-state index in [1.54, 1.807) is 18.3 Å². The minimum atomic E-state index is -0.500. The highest BCUT2D eigenvalue weighted by molar-refractivity contribution is 7.71. The van der Waals surface area contributed by atoms with Gasteiger partial charge in [0.15, 0.2) is 5.82 Å². The highest BCUT2D eigenvalue weighted by Crippen LogP contribution is 2.34. The van der Waals surface area contributed by atoms with Crippen LogP contribution in [-0.2, 0) is 0 Å². The molecule has 1 N–H and O–H groups in total. The number of hydrogen-bond donors (Lipinski definition) is 1. The fourth-order valence-corrected chi connectivity index (χ4v) is 2.06. The van der Waals surface area contributed by atoms with E-state index in [0.717, 1.165) is 0 Å². The smallest absolute Gasteiger partial charge is 0.158 e. The molecule has 0 saturated heterocycles. The topological polar surface area (TPSA) is 15.8 Å². The van der Waals surface area contributed by atoms with Crippen molar-refractivity contribution >= 4 is 47.0 Å². The minimum absolute atomic E-state index is 0.0555. The van der Waals surface area contributed by atoms with Crippen LogP contribution in [0.3, 0.4) is 0 Å². The van der Waals surface area contributed by atoms with Gasteiger partial charge in [0, 0.05) is 11.8 Å². The number of benzene rings is 1. The molecule has 0 saturated carbocycles. The van der Waals surface area contributed by atoms with E-state index in [2.05, 4.69) is 4.98 Å². The Morgan fingerprint density at radius 1 is 1.00 bits per heavy atom. The molecule has 2 rings (SSSR count). The van der Waals surface area contributed by atoms with Gasteiger partial charge in [0.2, 0.25) is 0 Å². The van der Waals surface area contributed by atoms with Crippen LogP contribution in [-0.4, -0.2) is 4.98 Å². The molecule has 0 unspecified atom stereocenters. The molecule has 0 aliphatic carbocycles. The second-order valence-corrected chi connectivity index (χ2v) is 4.92. The van der Waals surface area contributed by atoms with Gasteiger partial charge < -0.3 is 4.98 Å². The zero-order valence-electron chi connectivity index (χ0n) is 8.23. The molecule has 0 aliphatic rings. The lowest BCUT2D eigenvalue weighted by atomic mass is 10.1. The molecule has 17 heavy (non-hydrogen) atoms. The SMILES string of the molecule is Fc1cc(-c2cc(Cl)c(Cl)c(Cl)c2)c[nH]c1=S. The Labute approximate surface area is 117 Å². The molecule has 0 aliphatic heterocycles. The van der Waals surface area contributed by atoms with Gasteiger partial charge in [-0.1, -0.05) is 47.0 Å². The number of H-pyrrole nitrogens is 1. The van der Waals surface area contributed by atoms with Gasteiger partial charge in [0.1, 0.15) is 4.64 Å². The lowest BCUT2D eigenvalue weighted by Crippen LogP contribution is -1.86. The molecule has 2 aromatic rings. The molecular formula is C11H5Cl3FNS. The Hall–Kier alpha value is -0.610. The third kappa shape index (κ3) is 2.63. The van der Waals surface area contributed by atoms with E-state index in [0.29, 0.717) is 21.2 Å². The van der Waals surface area contributed by atoms with Gasteiger partial charge in [-0.15, -0.1) is 0 Å². The molecule has 6 heteroatoms. The van der Waals surface area contributed by atoms with Gasteiger partial charge in [-0.3, -0.25) is 0 Å². The molecule has 0 spiro atoms. The van der Waals surface area contributed by atoms with Crippen LogP contribution in [0.2, 0.25) is 15.1 Å².